The quantitative estimate of drug-likeness (QED) is 0.887. The van der Waals surface area contributed by atoms with Crippen molar-refractivity contribution in [1.82, 2.24) is 10.3 Å². The summed E-state index contributed by atoms with van der Waals surface area (Å²) in [6, 6.07) is 6.70. The molecule has 96 valence electrons. The molecule has 1 aromatic heterocycles. The fourth-order valence-electron chi connectivity index (χ4n) is 2.21. The van der Waals surface area contributed by atoms with E-state index >= 15 is 0 Å². The Hall–Kier alpha value is -1.41. The van der Waals surface area contributed by atoms with Gasteiger partial charge in [0.05, 0.1) is 5.52 Å². The van der Waals surface area contributed by atoms with Crippen LogP contribution in [0.25, 0.3) is 10.9 Å². The highest BCUT2D eigenvalue weighted by atomic mass is 14.8. The summed E-state index contributed by atoms with van der Waals surface area (Å²) in [7, 11) is 1.99. The van der Waals surface area contributed by atoms with Crippen molar-refractivity contribution in [2.45, 2.75) is 40.2 Å². The van der Waals surface area contributed by atoms with Crippen molar-refractivity contribution in [3.05, 3.63) is 40.6 Å². The number of aromatic nitrogens is 1. The number of rotatable bonds is 3. The Morgan fingerprint density at radius 3 is 2.39 bits per heavy atom. The average molecular weight is 242 g/mol. The fraction of sp³-hybridized carbons (Fsp3) is 0.438. The molecule has 0 radical (unpaired) electrons. The minimum Gasteiger partial charge on any atom is -0.316 e. The first-order chi connectivity index (χ1) is 8.52. The topological polar surface area (TPSA) is 24.9 Å². The van der Waals surface area contributed by atoms with E-state index in [0.717, 1.165) is 12.1 Å². The van der Waals surface area contributed by atoms with E-state index in [9.17, 15) is 0 Å². The molecule has 0 saturated heterocycles. The largest absolute Gasteiger partial charge is 0.316 e. The highest BCUT2D eigenvalue weighted by Gasteiger charge is 2.09. The molecule has 1 N–H and O–H groups in total. The van der Waals surface area contributed by atoms with Crippen molar-refractivity contribution in [3.63, 3.8) is 0 Å². The predicted octanol–water partition coefficient (Wildman–Crippen LogP) is 3.69. The van der Waals surface area contributed by atoms with Gasteiger partial charge in [0.25, 0.3) is 0 Å². The SMILES string of the molecule is CNCc1cc(C(C)C)nc2cc(C)c(C)cc12. The smallest absolute Gasteiger partial charge is 0.0711 e. The first-order valence-electron chi connectivity index (χ1n) is 6.58. The van der Waals surface area contributed by atoms with Crippen LogP contribution in [0.1, 0.15) is 42.1 Å². The second kappa shape index (κ2) is 5.07. The van der Waals surface area contributed by atoms with Gasteiger partial charge in [-0.1, -0.05) is 13.8 Å². The molecule has 2 heteroatoms. The second-order valence-electron chi connectivity index (χ2n) is 5.34. The number of pyridine rings is 1. The third-order valence-electron chi connectivity index (χ3n) is 3.49. The van der Waals surface area contributed by atoms with Gasteiger partial charge in [0.2, 0.25) is 0 Å². The predicted molar refractivity (Wildman–Crippen MR) is 78.1 cm³/mol. The molecule has 0 aliphatic rings. The third-order valence-corrected chi connectivity index (χ3v) is 3.49. The first-order valence-corrected chi connectivity index (χ1v) is 6.58. The lowest BCUT2D eigenvalue weighted by Crippen LogP contribution is -2.08. The van der Waals surface area contributed by atoms with Crippen molar-refractivity contribution in [2.24, 2.45) is 0 Å². The third kappa shape index (κ3) is 2.39. The van der Waals surface area contributed by atoms with Crippen LogP contribution in [0.2, 0.25) is 0 Å². The lowest BCUT2D eigenvalue weighted by Gasteiger charge is -2.13. The summed E-state index contributed by atoms with van der Waals surface area (Å²) < 4.78 is 0. The van der Waals surface area contributed by atoms with E-state index in [1.54, 1.807) is 0 Å². The maximum absolute atomic E-state index is 4.79. The maximum atomic E-state index is 4.79. The van der Waals surface area contributed by atoms with E-state index in [1.165, 1.54) is 27.8 Å². The van der Waals surface area contributed by atoms with Crippen LogP contribution in [-0.2, 0) is 6.54 Å². The van der Waals surface area contributed by atoms with Crippen LogP contribution in [0.5, 0.6) is 0 Å². The van der Waals surface area contributed by atoms with Gasteiger partial charge in [-0.2, -0.15) is 0 Å². The summed E-state index contributed by atoms with van der Waals surface area (Å²) in [6.07, 6.45) is 0. The summed E-state index contributed by atoms with van der Waals surface area (Å²) in [4.78, 5) is 4.79. The Kier molecular flexibility index (Phi) is 3.67. The molecule has 0 aliphatic carbocycles. The van der Waals surface area contributed by atoms with E-state index in [2.05, 4.69) is 51.2 Å². The van der Waals surface area contributed by atoms with Gasteiger partial charge in [0, 0.05) is 17.6 Å². The van der Waals surface area contributed by atoms with Gasteiger partial charge in [0.15, 0.2) is 0 Å². The molecule has 2 nitrogen and oxygen atoms in total. The standard InChI is InChI=1S/C16H22N2/c1-10(2)15-8-13(9-17-5)14-6-11(3)12(4)7-16(14)18-15/h6-8,10,17H,9H2,1-5H3. The van der Waals surface area contributed by atoms with E-state index in [4.69, 9.17) is 4.98 Å². The van der Waals surface area contributed by atoms with Gasteiger partial charge in [-0.15, -0.1) is 0 Å². The molecule has 2 rings (SSSR count). The molecule has 2 aromatic rings. The van der Waals surface area contributed by atoms with Gasteiger partial charge in [-0.3, -0.25) is 4.98 Å². The molecular weight excluding hydrogens is 220 g/mol. The summed E-state index contributed by atoms with van der Waals surface area (Å²) in [5, 5.41) is 4.52. The van der Waals surface area contributed by atoms with E-state index in [0.29, 0.717) is 5.92 Å². The monoisotopic (exact) mass is 242 g/mol. The Labute approximate surface area is 109 Å². The molecule has 1 aromatic carbocycles. The molecule has 0 aliphatic heterocycles. The van der Waals surface area contributed by atoms with E-state index < -0.39 is 0 Å². The molecule has 0 saturated carbocycles. The molecular formula is C16H22N2. The van der Waals surface area contributed by atoms with Gasteiger partial charge in [-0.25, -0.2) is 0 Å². The Morgan fingerprint density at radius 1 is 1.11 bits per heavy atom. The van der Waals surface area contributed by atoms with Crippen molar-refractivity contribution < 1.29 is 0 Å². The molecule has 1 heterocycles. The van der Waals surface area contributed by atoms with Crippen molar-refractivity contribution in [3.8, 4) is 0 Å². The zero-order chi connectivity index (χ0) is 13.3. The van der Waals surface area contributed by atoms with Crippen LogP contribution < -0.4 is 5.32 Å². The van der Waals surface area contributed by atoms with Crippen LogP contribution in [0.3, 0.4) is 0 Å². The Morgan fingerprint density at radius 2 is 1.78 bits per heavy atom. The number of aryl methyl sites for hydroxylation is 2. The maximum Gasteiger partial charge on any atom is 0.0711 e. The lowest BCUT2D eigenvalue weighted by atomic mass is 9.99. The van der Waals surface area contributed by atoms with Gasteiger partial charge in [0.1, 0.15) is 0 Å². The fourth-order valence-corrected chi connectivity index (χ4v) is 2.21. The van der Waals surface area contributed by atoms with Crippen LogP contribution in [0.4, 0.5) is 0 Å². The van der Waals surface area contributed by atoms with Gasteiger partial charge in [-0.05, 0) is 61.7 Å². The van der Waals surface area contributed by atoms with Crippen molar-refractivity contribution in [2.75, 3.05) is 7.05 Å². The summed E-state index contributed by atoms with van der Waals surface area (Å²) in [5.74, 6) is 0.464. The number of nitrogens with zero attached hydrogens (tertiary/aromatic N) is 1. The van der Waals surface area contributed by atoms with Crippen LogP contribution >= 0.6 is 0 Å². The molecule has 0 fully saturated rings. The first kappa shape index (κ1) is 13.0. The normalized spacial score (nSPS) is 11.4. The minimum absolute atomic E-state index is 0.464. The molecule has 0 unspecified atom stereocenters. The highest BCUT2D eigenvalue weighted by molar-refractivity contribution is 5.84. The van der Waals surface area contributed by atoms with Crippen molar-refractivity contribution >= 4 is 10.9 Å². The van der Waals surface area contributed by atoms with E-state index in [-0.39, 0.29) is 0 Å². The molecule has 0 spiro atoms. The van der Waals surface area contributed by atoms with Gasteiger partial charge < -0.3 is 5.32 Å². The number of hydrogen-bond donors (Lipinski definition) is 1. The zero-order valence-electron chi connectivity index (χ0n) is 12.0. The van der Waals surface area contributed by atoms with E-state index in [1.807, 2.05) is 7.05 Å². The Bertz CT molecular complexity index is 571. The number of benzene rings is 1. The molecule has 0 bridgehead atoms. The lowest BCUT2D eigenvalue weighted by molar-refractivity contribution is 0.798. The van der Waals surface area contributed by atoms with Crippen LogP contribution in [0, 0.1) is 13.8 Å². The van der Waals surface area contributed by atoms with Crippen LogP contribution in [-0.4, -0.2) is 12.0 Å². The number of nitrogens with one attached hydrogen (secondary N) is 1. The summed E-state index contributed by atoms with van der Waals surface area (Å²) >= 11 is 0. The number of hydrogen-bond acceptors (Lipinski definition) is 2. The van der Waals surface area contributed by atoms with Crippen molar-refractivity contribution in [1.29, 1.82) is 0 Å². The number of fused-ring (bicyclic) bond motifs is 1. The Balaban J connectivity index is 2.72. The highest BCUT2D eigenvalue weighted by Crippen LogP contribution is 2.25. The molecule has 0 amide bonds. The summed E-state index contributed by atoms with van der Waals surface area (Å²) in [5.41, 5.74) is 6.28. The van der Waals surface area contributed by atoms with Crippen LogP contribution in [0.15, 0.2) is 18.2 Å². The minimum atomic E-state index is 0.464. The molecule has 0 atom stereocenters. The summed E-state index contributed by atoms with van der Waals surface area (Å²) in [6.45, 7) is 9.59. The zero-order valence-corrected chi connectivity index (χ0v) is 12.0. The molecule has 18 heavy (non-hydrogen) atoms. The second-order valence-corrected chi connectivity index (χ2v) is 5.34. The van der Waals surface area contributed by atoms with Gasteiger partial charge >= 0.3 is 0 Å². The average Bonchev–Trinajstić information content (AvgIpc) is 2.31.